The smallest absolute Gasteiger partial charge is 0.269 e. The van der Waals surface area contributed by atoms with Crippen molar-refractivity contribution in [3.05, 3.63) is 53.5 Å². The first kappa shape index (κ1) is 12.0. The van der Waals surface area contributed by atoms with Crippen molar-refractivity contribution >= 4 is 16.9 Å². The monoisotopic (exact) mass is 243 g/mol. The van der Waals surface area contributed by atoms with Crippen molar-refractivity contribution in [2.24, 2.45) is 0 Å². The summed E-state index contributed by atoms with van der Waals surface area (Å²) in [6.45, 7) is 3.88. The highest BCUT2D eigenvalue weighted by Crippen LogP contribution is 2.07. The molecule has 0 unspecified atom stereocenters. The molecule has 0 fully saturated rings. The fourth-order valence-electron chi connectivity index (χ4n) is 1.66. The Hall–Kier alpha value is -2.43. The molecule has 1 N–H and O–H groups in total. The third kappa shape index (κ3) is 2.45. The van der Waals surface area contributed by atoms with Gasteiger partial charge in [-0.2, -0.15) is 0 Å². The van der Waals surface area contributed by atoms with E-state index >= 15 is 0 Å². The Kier molecular flexibility index (Phi) is 3.52. The molecule has 1 aromatic carbocycles. The van der Waals surface area contributed by atoms with Crippen LogP contribution in [0, 0.1) is 0 Å². The molecule has 0 spiro atoms. The minimum Gasteiger partial charge on any atom is -0.351 e. The molecule has 0 aliphatic rings. The minimum atomic E-state index is -0.289. The predicted octanol–water partition coefficient (Wildman–Crippen LogP) is 0.699. The van der Waals surface area contributed by atoms with Gasteiger partial charge in [0.2, 0.25) is 5.91 Å². The van der Waals surface area contributed by atoms with Crippen LogP contribution >= 0.6 is 0 Å². The van der Waals surface area contributed by atoms with Gasteiger partial charge in [-0.1, -0.05) is 18.2 Å². The molecular formula is C13H13N3O2. The number of carbonyl (C=O) groups excluding carboxylic acids is 1. The molecule has 92 valence electrons. The summed E-state index contributed by atoms with van der Waals surface area (Å²) >= 11 is 0. The molecule has 0 saturated carbocycles. The maximum atomic E-state index is 11.7. The van der Waals surface area contributed by atoms with Gasteiger partial charge in [-0.25, -0.2) is 4.98 Å². The van der Waals surface area contributed by atoms with Crippen molar-refractivity contribution in [2.45, 2.75) is 6.54 Å². The van der Waals surface area contributed by atoms with Gasteiger partial charge in [-0.05, 0) is 12.1 Å². The summed E-state index contributed by atoms with van der Waals surface area (Å²) in [5, 5.41) is 2.64. The average Bonchev–Trinajstić information content (AvgIpc) is 2.40. The van der Waals surface area contributed by atoms with Gasteiger partial charge in [-0.15, -0.1) is 6.58 Å². The number of amides is 1. The first-order valence-corrected chi connectivity index (χ1v) is 5.54. The molecule has 0 bridgehead atoms. The van der Waals surface area contributed by atoms with Gasteiger partial charge in [0, 0.05) is 6.54 Å². The van der Waals surface area contributed by atoms with E-state index < -0.39 is 0 Å². The lowest BCUT2D eigenvalue weighted by Gasteiger charge is -2.08. The third-order valence-corrected chi connectivity index (χ3v) is 2.50. The third-order valence-electron chi connectivity index (χ3n) is 2.50. The molecule has 1 aromatic heterocycles. The van der Waals surface area contributed by atoms with E-state index in [9.17, 15) is 9.59 Å². The number of aromatic nitrogens is 2. The molecule has 0 aliphatic heterocycles. The van der Waals surface area contributed by atoms with Crippen LogP contribution in [0.25, 0.3) is 11.0 Å². The van der Waals surface area contributed by atoms with Crippen molar-refractivity contribution in [3.63, 3.8) is 0 Å². The second kappa shape index (κ2) is 5.27. The Morgan fingerprint density at radius 1 is 1.44 bits per heavy atom. The van der Waals surface area contributed by atoms with Crippen LogP contribution in [0.1, 0.15) is 0 Å². The fraction of sp³-hybridized carbons (Fsp3) is 0.154. The fourth-order valence-corrected chi connectivity index (χ4v) is 1.66. The number of nitrogens with one attached hydrogen (secondary N) is 1. The van der Waals surface area contributed by atoms with E-state index in [1.807, 2.05) is 12.1 Å². The normalized spacial score (nSPS) is 10.2. The standard InChI is InChI=1S/C13H13N3O2/c1-2-7-14-12(17)9-16-11-6-4-3-5-10(11)15-8-13(16)18/h2-6,8H,1,7,9H2,(H,14,17). The number of benzene rings is 1. The summed E-state index contributed by atoms with van der Waals surface area (Å²) in [5.41, 5.74) is 1.05. The van der Waals surface area contributed by atoms with E-state index in [4.69, 9.17) is 0 Å². The maximum absolute atomic E-state index is 11.7. The van der Waals surface area contributed by atoms with Crippen LogP contribution in [0.4, 0.5) is 0 Å². The van der Waals surface area contributed by atoms with Crippen molar-refractivity contribution < 1.29 is 4.79 Å². The second-order valence-electron chi connectivity index (χ2n) is 3.76. The van der Waals surface area contributed by atoms with Gasteiger partial charge < -0.3 is 5.32 Å². The van der Waals surface area contributed by atoms with Crippen LogP contribution in [0.5, 0.6) is 0 Å². The molecular weight excluding hydrogens is 230 g/mol. The summed E-state index contributed by atoms with van der Waals surface area (Å²) in [6, 6.07) is 7.21. The molecule has 1 amide bonds. The van der Waals surface area contributed by atoms with Crippen LogP contribution in [0.15, 0.2) is 47.9 Å². The van der Waals surface area contributed by atoms with Gasteiger partial charge in [-0.3, -0.25) is 14.2 Å². The SMILES string of the molecule is C=CCNC(=O)Cn1c(=O)cnc2ccccc21. The predicted molar refractivity (Wildman–Crippen MR) is 69.2 cm³/mol. The lowest BCUT2D eigenvalue weighted by atomic mass is 10.3. The van der Waals surface area contributed by atoms with Gasteiger partial charge >= 0.3 is 0 Å². The van der Waals surface area contributed by atoms with E-state index in [0.29, 0.717) is 17.6 Å². The van der Waals surface area contributed by atoms with Crippen molar-refractivity contribution in [2.75, 3.05) is 6.54 Å². The van der Waals surface area contributed by atoms with Crippen LogP contribution in [0.3, 0.4) is 0 Å². The van der Waals surface area contributed by atoms with E-state index in [2.05, 4.69) is 16.9 Å². The van der Waals surface area contributed by atoms with Gasteiger partial charge in [0.15, 0.2) is 0 Å². The van der Waals surface area contributed by atoms with Crippen LogP contribution < -0.4 is 10.9 Å². The van der Waals surface area contributed by atoms with Crippen molar-refractivity contribution in [3.8, 4) is 0 Å². The molecule has 5 heteroatoms. The molecule has 18 heavy (non-hydrogen) atoms. The lowest BCUT2D eigenvalue weighted by molar-refractivity contribution is -0.121. The molecule has 2 rings (SSSR count). The zero-order valence-corrected chi connectivity index (χ0v) is 9.80. The lowest BCUT2D eigenvalue weighted by Crippen LogP contribution is -2.32. The maximum Gasteiger partial charge on any atom is 0.269 e. The molecule has 0 aliphatic carbocycles. The Bertz CT molecular complexity index is 646. The highest BCUT2D eigenvalue weighted by Gasteiger charge is 2.07. The van der Waals surface area contributed by atoms with Gasteiger partial charge in [0.1, 0.15) is 6.54 Å². The summed E-state index contributed by atoms with van der Waals surface area (Å²) in [5.74, 6) is -0.228. The Balaban J connectivity index is 2.37. The highest BCUT2D eigenvalue weighted by atomic mass is 16.2. The number of fused-ring (bicyclic) bond motifs is 1. The summed E-state index contributed by atoms with van der Waals surface area (Å²) in [4.78, 5) is 27.4. The van der Waals surface area contributed by atoms with E-state index in [1.54, 1.807) is 18.2 Å². The Morgan fingerprint density at radius 2 is 2.22 bits per heavy atom. The first-order chi connectivity index (χ1) is 8.72. The number of para-hydroxylation sites is 2. The van der Waals surface area contributed by atoms with Crippen LogP contribution in [0.2, 0.25) is 0 Å². The quantitative estimate of drug-likeness (QED) is 0.804. The molecule has 1 heterocycles. The molecule has 2 aromatic rings. The van der Waals surface area contributed by atoms with Crippen molar-refractivity contribution in [1.82, 2.24) is 14.9 Å². The van der Waals surface area contributed by atoms with Crippen LogP contribution in [-0.2, 0) is 11.3 Å². The number of rotatable bonds is 4. The largest absolute Gasteiger partial charge is 0.351 e. The minimum absolute atomic E-state index is 0.0181. The topological polar surface area (TPSA) is 64.0 Å². The molecule has 5 nitrogen and oxygen atoms in total. The van der Waals surface area contributed by atoms with E-state index in [-0.39, 0.29) is 18.0 Å². The van der Waals surface area contributed by atoms with Crippen LogP contribution in [-0.4, -0.2) is 22.0 Å². The molecule has 0 radical (unpaired) electrons. The van der Waals surface area contributed by atoms with E-state index in [0.717, 1.165) is 0 Å². The summed E-state index contributed by atoms with van der Waals surface area (Å²) in [6.07, 6.45) is 2.81. The zero-order valence-electron chi connectivity index (χ0n) is 9.80. The zero-order chi connectivity index (χ0) is 13.0. The summed E-state index contributed by atoms with van der Waals surface area (Å²) in [7, 11) is 0. The number of hydrogen-bond acceptors (Lipinski definition) is 3. The second-order valence-corrected chi connectivity index (χ2v) is 3.76. The van der Waals surface area contributed by atoms with Crippen molar-refractivity contribution in [1.29, 1.82) is 0 Å². The van der Waals surface area contributed by atoms with Gasteiger partial charge in [0.25, 0.3) is 5.56 Å². The summed E-state index contributed by atoms with van der Waals surface area (Å²) < 4.78 is 1.40. The highest BCUT2D eigenvalue weighted by molar-refractivity contribution is 5.79. The average molecular weight is 243 g/mol. The first-order valence-electron chi connectivity index (χ1n) is 5.54. The Morgan fingerprint density at radius 3 is 3.00 bits per heavy atom. The Labute approximate surface area is 104 Å². The molecule has 0 saturated heterocycles. The number of nitrogens with zero attached hydrogens (tertiary/aromatic N) is 2. The number of carbonyl (C=O) groups is 1. The van der Waals surface area contributed by atoms with Gasteiger partial charge in [0.05, 0.1) is 17.2 Å². The number of hydrogen-bond donors (Lipinski definition) is 1. The van der Waals surface area contributed by atoms with E-state index in [1.165, 1.54) is 10.8 Å². The molecule has 0 atom stereocenters.